The quantitative estimate of drug-likeness (QED) is 0.889. The summed E-state index contributed by atoms with van der Waals surface area (Å²) in [5, 5.41) is 13.2. The number of rotatable bonds is 4. The maximum Gasteiger partial charge on any atom is 0.357 e. The van der Waals surface area contributed by atoms with Gasteiger partial charge in [0, 0.05) is 12.6 Å². The lowest BCUT2D eigenvalue weighted by Gasteiger charge is -2.10. The molecule has 6 nitrogen and oxygen atoms in total. The highest BCUT2D eigenvalue weighted by Gasteiger charge is 2.23. The molecule has 1 heterocycles. The molecule has 2 rings (SSSR count). The predicted octanol–water partition coefficient (Wildman–Crippen LogP) is 1.94. The first-order valence-electron chi connectivity index (χ1n) is 6.22. The summed E-state index contributed by atoms with van der Waals surface area (Å²) in [5.74, 6) is -0.241. The smallest absolute Gasteiger partial charge is 0.357 e. The number of carbonyl (C=O) groups is 1. The third kappa shape index (κ3) is 2.20. The van der Waals surface area contributed by atoms with Crippen LogP contribution in [0.1, 0.15) is 23.0 Å². The second-order valence-electron chi connectivity index (χ2n) is 4.43. The Morgan fingerprint density at radius 3 is 2.75 bits per heavy atom. The molecule has 3 N–H and O–H groups in total. The minimum atomic E-state index is -1.11. The van der Waals surface area contributed by atoms with Crippen molar-refractivity contribution in [3.8, 4) is 16.9 Å². The molecule has 0 atom stereocenters. The maximum absolute atomic E-state index is 11.3. The van der Waals surface area contributed by atoms with Crippen LogP contribution in [-0.2, 0) is 13.5 Å². The summed E-state index contributed by atoms with van der Waals surface area (Å²) < 4.78 is 6.67. The van der Waals surface area contributed by atoms with E-state index in [1.165, 1.54) is 11.8 Å². The Balaban J connectivity index is 2.76. The minimum absolute atomic E-state index is 0.0726. The summed E-state index contributed by atoms with van der Waals surface area (Å²) in [7, 11) is 3.15. The molecular formula is C14H17N3O3. The molecule has 2 aromatic rings. The fraction of sp³-hybridized carbons (Fsp3) is 0.286. The molecular weight excluding hydrogens is 258 g/mol. The number of aryl methyl sites for hydroxylation is 2. The van der Waals surface area contributed by atoms with Gasteiger partial charge in [-0.1, -0.05) is 13.0 Å². The van der Waals surface area contributed by atoms with Crippen LogP contribution in [0.15, 0.2) is 18.2 Å². The highest BCUT2D eigenvalue weighted by atomic mass is 16.5. The average molecular weight is 275 g/mol. The summed E-state index contributed by atoms with van der Waals surface area (Å²) in [4.78, 5) is 11.3. The number of aromatic nitrogens is 2. The molecule has 0 aliphatic rings. The van der Waals surface area contributed by atoms with Gasteiger partial charge in [-0.3, -0.25) is 4.68 Å². The standard InChI is InChI=1S/C14H17N3O3/c1-4-8-5-6-10(20-3)9(7-8)11-12(14(18)19)16-17(2)13(11)15/h5-7H,4,15H2,1-3H3,(H,18,19). The topological polar surface area (TPSA) is 90.4 Å². The van der Waals surface area contributed by atoms with Crippen LogP contribution in [0.4, 0.5) is 5.82 Å². The number of anilines is 1. The molecule has 0 fully saturated rings. The number of carboxylic acids is 1. The van der Waals surface area contributed by atoms with Crippen LogP contribution < -0.4 is 10.5 Å². The van der Waals surface area contributed by atoms with Crippen molar-refractivity contribution in [2.45, 2.75) is 13.3 Å². The summed E-state index contributed by atoms with van der Waals surface area (Å²) in [6.45, 7) is 2.02. The first kappa shape index (κ1) is 13.9. The molecule has 0 saturated heterocycles. The Morgan fingerprint density at radius 2 is 2.20 bits per heavy atom. The van der Waals surface area contributed by atoms with E-state index < -0.39 is 5.97 Å². The van der Waals surface area contributed by atoms with Crippen LogP contribution >= 0.6 is 0 Å². The fourth-order valence-electron chi connectivity index (χ4n) is 2.12. The number of hydrogen-bond acceptors (Lipinski definition) is 4. The Morgan fingerprint density at radius 1 is 1.50 bits per heavy atom. The Hall–Kier alpha value is -2.50. The SMILES string of the molecule is CCc1ccc(OC)c(-c2c(C(=O)O)nn(C)c2N)c1. The van der Waals surface area contributed by atoms with E-state index in [-0.39, 0.29) is 5.69 Å². The average Bonchev–Trinajstić information content (AvgIpc) is 2.74. The third-order valence-corrected chi connectivity index (χ3v) is 3.24. The van der Waals surface area contributed by atoms with Gasteiger partial charge in [-0.15, -0.1) is 0 Å². The van der Waals surface area contributed by atoms with Gasteiger partial charge < -0.3 is 15.6 Å². The predicted molar refractivity (Wildman–Crippen MR) is 75.9 cm³/mol. The van der Waals surface area contributed by atoms with E-state index in [0.29, 0.717) is 22.7 Å². The number of nitrogens with two attached hydrogens (primary N) is 1. The number of carboxylic acid groups (broad SMARTS) is 1. The van der Waals surface area contributed by atoms with Crippen LogP contribution in [-0.4, -0.2) is 28.0 Å². The molecule has 6 heteroatoms. The van der Waals surface area contributed by atoms with Crippen molar-refractivity contribution in [1.82, 2.24) is 9.78 Å². The van der Waals surface area contributed by atoms with Crippen molar-refractivity contribution < 1.29 is 14.6 Å². The number of hydrogen-bond donors (Lipinski definition) is 2. The number of nitrogen functional groups attached to an aromatic ring is 1. The molecule has 0 aliphatic carbocycles. The van der Waals surface area contributed by atoms with Gasteiger partial charge in [0.15, 0.2) is 5.69 Å². The molecule has 0 aliphatic heterocycles. The largest absolute Gasteiger partial charge is 0.496 e. The van der Waals surface area contributed by atoms with Crippen LogP contribution in [0.5, 0.6) is 5.75 Å². The van der Waals surface area contributed by atoms with Gasteiger partial charge in [-0.05, 0) is 24.1 Å². The van der Waals surface area contributed by atoms with E-state index in [4.69, 9.17) is 10.5 Å². The Bertz CT molecular complexity index is 662. The monoisotopic (exact) mass is 275 g/mol. The molecule has 0 amide bonds. The van der Waals surface area contributed by atoms with Gasteiger partial charge in [0.05, 0.1) is 12.7 Å². The lowest BCUT2D eigenvalue weighted by atomic mass is 10.0. The van der Waals surface area contributed by atoms with Gasteiger partial charge >= 0.3 is 5.97 Å². The fourth-order valence-corrected chi connectivity index (χ4v) is 2.12. The molecule has 0 saturated carbocycles. The number of methoxy groups -OCH3 is 1. The third-order valence-electron chi connectivity index (χ3n) is 3.24. The molecule has 20 heavy (non-hydrogen) atoms. The van der Waals surface area contributed by atoms with Crippen molar-refractivity contribution in [2.24, 2.45) is 7.05 Å². The first-order valence-corrected chi connectivity index (χ1v) is 6.22. The van der Waals surface area contributed by atoms with Gasteiger partial charge in [-0.25, -0.2) is 4.79 Å². The highest BCUT2D eigenvalue weighted by molar-refractivity contribution is 5.98. The van der Waals surface area contributed by atoms with E-state index in [0.717, 1.165) is 12.0 Å². The molecule has 0 bridgehead atoms. The highest BCUT2D eigenvalue weighted by Crippen LogP contribution is 2.37. The molecule has 106 valence electrons. The molecule has 0 unspecified atom stereocenters. The zero-order valence-corrected chi connectivity index (χ0v) is 11.7. The second-order valence-corrected chi connectivity index (χ2v) is 4.43. The molecule has 0 spiro atoms. The number of benzene rings is 1. The lowest BCUT2D eigenvalue weighted by molar-refractivity contribution is 0.0690. The maximum atomic E-state index is 11.3. The van der Waals surface area contributed by atoms with E-state index in [9.17, 15) is 9.90 Å². The van der Waals surface area contributed by atoms with Crippen molar-refractivity contribution in [3.05, 3.63) is 29.5 Å². The number of ether oxygens (including phenoxy) is 1. The number of nitrogens with zero attached hydrogens (tertiary/aromatic N) is 2. The zero-order valence-electron chi connectivity index (χ0n) is 11.7. The lowest BCUT2D eigenvalue weighted by Crippen LogP contribution is -2.01. The van der Waals surface area contributed by atoms with Gasteiger partial charge in [0.1, 0.15) is 11.6 Å². The van der Waals surface area contributed by atoms with Crippen molar-refractivity contribution in [1.29, 1.82) is 0 Å². The second kappa shape index (κ2) is 5.24. The van der Waals surface area contributed by atoms with Crippen LogP contribution in [0.3, 0.4) is 0 Å². The van der Waals surface area contributed by atoms with Gasteiger partial charge in [0.25, 0.3) is 0 Å². The number of aromatic carboxylic acids is 1. The van der Waals surface area contributed by atoms with Crippen molar-refractivity contribution >= 4 is 11.8 Å². The molecule has 0 radical (unpaired) electrons. The van der Waals surface area contributed by atoms with E-state index in [1.807, 2.05) is 25.1 Å². The van der Waals surface area contributed by atoms with Crippen molar-refractivity contribution in [2.75, 3.05) is 12.8 Å². The molecule has 1 aromatic carbocycles. The van der Waals surface area contributed by atoms with E-state index >= 15 is 0 Å². The summed E-state index contributed by atoms with van der Waals surface area (Å²) in [6, 6.07) is 5.64. The van der Waals surface area contributed by atoms with Crippen LogP contribution in [0, 0.1) is 0 Å². The van der Waals surface area contributed by atoms with E-state index in [2.05, 4.69) is 5.10 Å². The summed E-state index contributed by atoms with van der Waals surface area (Å²) in [6.07, 6.45) is 0.833. The first-order chi connectivity index (χ1) is 9.49. The van der Waals surface area contributed by atoms with Crippen molar-refractivity contribution in [3.63, 3.8) is 0 Å². The summed E-state index contributed by atoms with van der Waals surface area (Å²) in [5.41, 5.74) is 8.01. The molecule has 1 aromatic heterocycles. The van der Waals surface area contributed by atoms with E-state index in [1.54, 1.807) is 7.05 Å². The Labute approximate surface area is 116 Å². The zero-order chi connectivity index (χ0) is 14.9. The summed E-state index contributed by atoms with van der Waals surface area (Å²) >= 11 is 0. The minimum Gasteiger partial charge on any atom is -0.496 e. The Kier molecular flexibility index (Phi) is 3.65. The van der Waals surface area contributed by atoms with Gasteiger partial charge in [0.2, 0.25) is 0 Å². The van der Waals surface area contributed by atoms with Gasteiger partial charge in [-0.2, -0.15) is 5.10 Å². The van der Waals surface area contributed by atoms with Crippen LogP contribution in [0.2, 0.25) is 0 Å². The van der Waals surface area contributed by atoms with Crippen LogP contribution in [0.25, 0.3) is 11.1 Å². The normalized spacial score (nSPS) is 10.6.